The first kappa shape index (κ1) is 20.6. The van der Waals surface area contributed by atoms with Crippen molar-refractivity contribution in [2.24, 2.45) is 0 Å². The minimum absolute atomic E-state index is 0.158. The van der Waals surface area contributed by atoms with E-state index in [1.54, 1.807) is 19.2 Å². The molecule has 3 aromatic carbocycles. The van der Waals surface area contributed by atoms with Crippen molar-refractivity contribution in [3.63, 3.8) is 0 Å². The van der Waals surface area contributed by atoms with Gasteiger partial charge in [0.1, 0.15) is 17.5 Å². The van der Waals surface area contributed by atoms with Crippen LogP contribution in [0.4, 0.5) is 5.69 Å². The molecule has 0 aliphatic heterocycles. The van der Waals surface area contributed by atoms with Gasteiger partial charge in [0.25, 0.3) is 0 Å². The van der Waals surface area contributed by atoms with Gasteiger partial charge in [-0.1, -0.05) is 72.3 Å². The second kappa shape index (κ2) is 9.85. The summed E-state index contributed by atoms with van der Waals surface area (Å²) in [6.07, 6.45) is 0. The monoisotopic (exact) mass is 410 g/mol. The summed E-state index contributed by atoms with van der Waals surface area (Å²) in [7, 11) is 3.10. The highest BCUT2D eigenvalue weighted by Crippen LogP contribution is 2.37. The van der Waals surface area contributed by atoms with Gasteiger partial charge in [0.2, 0.25) is 5.91 Å². The highest BCUT2D eigenvalue weighted by atomic mass is 35.5. The number of halogens is 1. The molecule has 6 heteroatoms. The Hall–Kier alpha value is -3.18. The van der Waals surface area contributed by atoms with Crippen LogP contribution < -0.4 is 20.1 Å². The van der Waals surface area contributed by atoms with E-state index in [0.717, 1.165) is 11.1 Å². The predicted molar refractivity (Wildman–Crippen MR) is 116 cm³/mol. The Balaban J connectivity index is 1.87. The molecular formula is C23H23ClN2O3. The zero-order valence-corrected chi connectivity index (χ0v) is 17.1. The fraction of sp³-hybridized carbons (Fsp3) is 0.174. The molecule has 0 bridgehead atoms. The first-order chi connectivity index (χ1) is 14.1. The lowest BCUT2D eigenvalue weighted by molar-refractivity contribution is -0.122. The van der Waals surface area contributed by atoms with Gasteiger partial charge in [0.15, 0.2) is 0 Å². The topological polar surface area (TPSA) is 59.6 Å². The van der Waals surface area contributed by atoms with E-state index in [2.05, 4.69) is 10.6 Å². The third-order valence-corrected chi connectivity index (χ3v) is 4.77. The Morgan fingerprint density at radius 1 is 0.931 bits per heavy atom. The zero-order valence-electron chi connectivity index (χ0n) is 16.3. The molecule has 0 spiro atoms. The molecular weight excluding hydrogens is 388 g/mol. The number of ether oxygens (including phenoxy) is 2. The highest BCUT2D eigenvalue weighted by Gasteiger charge is 2.22. The number of anilines is 1. The molecule has 0 radical (unpaired) electrons. The average molecular weight is 411 g/mol. The van der Waals surface area contributed by atoms with Crippen LogP contribution in [0.5, 0.6) is 11.5 Å². The maximum atomic E-state index is 13.1. The van der Waals surface area contributed by atoms with E-state index in [1.807, 2.05) is 60.7 Å². The molecule has 0 aliphatic rings. The number of benzene rings is 3. The van der Waals surface area contributed by atoms with Crippen molar-refractivity contribution in [1.82, 2.24) is 5.32 Å². The number of carbonyl (C=O) groups excluding carboxylic acids is 1. The molecule has 1 atom stereocenters. The zero-order chi connectivity index (χ0) is 20.6. The quantitative estimate of drug-likeness (QED) is 0.558. The summed E-state index contributed by atoms with van der Waals surface area (Å²) in [6, 6.07) is 22.0. The molecule has 2 N–H and O–H groups in total. The molecule has 0 saturated heterocycles. The number of amides is 1. The minimum Gasteiger partial charge on any atom is -0.495 e. The third-order valence-electron chi connectivity index (χ3n) is 4.48. The van der Waals surface area contributed by atoms with Crippen LogP contribution in [0.3, 0.4) is 0 Å². The van der Waals surface area contributed by atoms with Crippen LogP contribution in [0.25, 0.3) is 0 Å². The number of carbonyl (C=O) groups is 1. The van der Waals surface area contributed by atoms with Crippen molar-refractivity contribution in [2.45, 2.75) is 12.6 Å². The Kier molecular flexibility index (Phi) is 6.98. The molecule has 5 nitrogen and oxygen atoms in total. The summed E-state index contributed by atoms with van der Waals surface area (Å²) in [6.45, 7) is 0.436. The average Bonchev–Trinajstić information content (AvgIpc) is 2.77. The van der Waals surface area contributed by atoms with Gasteiger partial charge < -0.3 is 20.1 Å². The van der Waals surface area contributed by atoms with Gasteiger partial charge in [0.05, 0.1) is 24.9 Å². The van der Waals surface area contributed by atoms with Gasteiger partial charge in [-0.2, -0.15) is 0 Å². The SMILES string of the molecule is COc1cc(OC)c(NC(C(=O)NCc2ccccc2)c2ccccc2)cc1Cl. The van der Waals surface area contributed by atoms with Crippen LogP contribution in [0.15, 0.2) is 72.8 Å². The summed E-state index contributed by atoms with van der Waals surface area (Å²) in [5, 5.41) is 6.68. The Bertz CT molecular complexity index is 949. The molecule has 3 rings (SSSR count). The molecule has 1 amide bonds. The first-order valence-corrected chi connectivity index (χ1v) is 9.55. The minimum atomic E-state index is -0.627. The van der Waals surface area contributed by atoms with E-state index in [4.69, 9.17) is 21.1 Å². The van der Waals surface area contributed by atoms with E-state index in [0.29, 0.717) is 28.8 Å². The maximum Gasteiger partial charge on any atom is 0.247 e. The first-order valence-electron chi connectivity index (χ1n) is 9.17. The number of nitrogens with one attached hydrogen (secondary N) is 2. The molecule has 3 aromatic rings. The molecule has 1 unspecified atom stereocenters. The summed E-state index contributed by atoms with van der Waals surface area (Å²) < 4.78 is 10.7. The molecule has 0 saturated carbocycles. The van der Waals surface area contributed by atoms with Gasteiger partial charge in [-0.15, -0.1) is 0 Å². The van der Waals surface area contributed by atoms with E-state index < -0.39 is 6.04 Å². The Labute approximate surface area is 175 Å². The van der Waals surface area contributed by atoms with Gasteiger partial charge in [-0.3, -0.25) is 4.79 Å². The fourth-order valence-corrected chi connectivity index (χ4v) is 3.20. The van der Waals surface area contributed by atoms with Crippen LogP contribution in [0, 0.1) is 0 Å². The number of hydrogen-bond donors (Lipinski definition) is 2. The maximum absolute atomic E-state index is 13.1. The summed E-state index contributed by atoms with van der Waals surface area (Å²) >= 11 is 6.29. The smallest absolute Gasteiger partial charge is 0.247 e. The standard InChI is InChI=1S/C23H23ClN2O3/c1-28-20-14-21(29-2)19(13-18(20)24)26-22(17-11-7-4-8-12-17)23(27)25-15-16-9-5-3-6-10-16/h3-14,22,26H,15H2,1-2H3,(H,25,27). The van der Waals surface area contributed by atoms with E-state index in [-0.39, 0.29) is 5.91 Å². The van der Waals surface area contributed by atoms with E-state index >= 15 is 0 Å². The van der Waals surface area contributed by atoms with Gasteiger partial charge in [-0.05, 0) is 17.2 Å². The van der Waals surface area contributed by atoms with Crippen molar-refractivity contribution >= 4 is 23.2 Å². The lowest BCUT2D eigenvalue weighted by atomic mass is 10.1. The molecule has 0 heterocycles. The van der Waals surface area contributed by atoms with Crippen molar-refractivity contribution < 1.29 is 14.3 Å². The third kappa shape index (κ3) is 5.21. The lowest BCUT2D eigenvalue weighted by Crippen LogP contribution is -2.33. The lowest BCUT2D eigenvalue weighted by Gasteiger charge is -2.22. The normalized spacial score (nSPS) is 11.4. The van der Waals surface area contributed by atoms with Crippen molar-refractivity contribution in [3.05, 3.63) is 88.9 Å². The predicted octanol–water partition coefficient (Wildman–Crippen LogP) is 4.83. The number of methoxy groups -OCH3 is 2. The molecule has 0 aliphatic carbocycles. The molecule has 0 aromatic heterocycles. The van der Waals surface area contributed by atoms with Crippen LogP contribution in [0.1, 0.15) is 17.2 Å². The largest absolute Gasteiger partial charge is 0.495 e. The fourth-order valence-electron chi connectivity index (χ4n) is 2.96. The number of rotatable bonds is 8. The van der Waals surface area contributed by atoms with Gasteiger partial charge in [-0.25, -0.2) is 0 Å². The second-order valence-electron chi connectivity index (χ2n) is 6.38. The Morgan fingerprint density at radius 2 is 1.55 bits per heavy atom. The van der Waals surface area contributed by atoms with E-state index in [1.165, 1.54) is 7.11 Å². The molecule has 29 heavy (non-hydrogen) atoms. The molecule has 150 valence electrons. The van der Waals surface area contributed by atoms with Crippen LogP contribution in [-0.2, 0) is 11.3 Å². The van der Waals surface area contributed by atoms with Crippen LogP contribution >= 0.6 is 11.6 Å². The Morgan fingerprint density at radius 3 is 2.17 bits per heavy atom. The van der Waals surface area contributed by atoms with Gasteiger partial charge in [0, 0.05) is 12.6 Å². The van der Waals surface area contributed by atoms with E-state index in [9.17, 15) is 4.79 Å². The molecule has 0 fully saturated rings. The summed E-state index contributed by atoms with van der Waals surface area (Å²) in [4.78, 5) is 13.1. The second-order valence-corrected chi connectivity index (χ2v) is 6.79. The van der Waals surface area contributed by atoms with Crippen LogP contribution in [-0.4, -0.2) is 20.1 Å². The van der Waals surface area contributed by atoms with Crippen molar-refractivity contribution in [1.29, 1.82) is 0 Å². The van der Waals surface area contributed by atoms with Crippen molar-refractivity contribution in [3.8, 4) is 11.5 Å². The van der Waals surface area contributed by atoms with Gasteiger partial charge >= 0.3 is 0 Å². The van der Waals surface area contributed by atoms with Crippen molar-refractivity contribution in [2.75, 3.05) is 19.5 Å². The van der Waals surface area contributed by atoms with Crippen LogP contribution in [0.2, 0.25) is 5.02 Å². The summed E-state index contributed by atoms with van der Waals surface area (Å²) in [5.74, 6) is 0.871. The highest BCUT2D eigenvalue weighted by molar-refractivity contribution is 6.32. The summed E-state index contributed by atoms with van der Waals surface area (Å²) in [5.41, 5.74) is 2.45. The number of hydrogen-bond acceptors (Lipinski definition) is 4.